The normalized spacial score (nSPS) is 13.6. The second-order valence-electron chi connectivity index (χ2n) is 6.69. The van der Waals surface area contributed by atoms with E-state index in [1.807, 2.05) is 0 Å². The van der Waals surface area contributed by atoms with Gasteiger partial charge in [0.05, 0.1) is 0 Å². The van der Waals surface area contributed by atoms with E-state index in [0.717, 1.165) is 13.1 Å². The predicted octanol–water partition coefficient (Wildman–Crippen LogP) is 5.28. The maximum Gasteiger partial charge on any atom is 0.0449 e. The Hall–Kier alpha value is -2.02. The third-order valence-corrected chi connectivity index (χ3v) is 4.65. The van der Waals surface area contributed by atoms with E-state index >= 15 is 0 Å². The Kier molecular flexibility index (Phi) is 3.36. The fraction of sp³-hybridized carbons (Fsp3) is 0.300. The zero-order valence-corrected chi connectivity index (χ0v) is 13.2. The van der Waals surface area contributed by atoms with Gasteiger partial charge >= 0.3 is 0 Å². The molecule has 0 amide bonds. The molecule has 3 rings (SSSR count). The lowest BCUT2D eigenvalue weighted by atomic mass is 9.84. The van der Waals surface area contributed by atoms with E-state index < -0.39 is 0 Å². The molecule has 2 aromatic carbocycles. The standard InChI is InChI=1S/C20H23N/c1-15(2)20(3,4)14-21-13-16-9-5-6-10-17(16)18-11-7-8-12-19(18)21/h5-12H,1,13-14H2,2-4H3. The molecule has 0 saturated carbocycles. The first-order valence-corrected chi connectivity index (χ1v) is 7.57. The summed E-state index contributed by atoms with van der Waals surface area (Å²) < 4.78 is 0. The van der Waals surface area contributed by atoms with Crippen LogP contribution >= 0.6 is 0 Å². The summed E-state index contributed by atoms with van der Waals surface area (Å²) in [4.78, 5) is 2.49. The van der Waals surface area contributed by atoms with Crippen LogP contribution in [0.3, 0.4) is 0 Å². The predicted molar refractivity (Wildman–Crippen MR) is 91.5 cm³/mol. The summed E-state index contributed by atoms with van der Waals surface area (Å²) in [6.07, 6.45) is 0. The van der Waals surface area contributed by atoms with Gasteiger partial charge in [0.2, 0.25) is 0 Å². The SMILES string of the molecule is C=C(C)C(C)(C)CN1Cc2ccccc2-c2ccccc21. The summed E-state index contributed by atoms with van der Waals surface area (Å²) in [5.41, 5.74) is 6.81. The number of para-hydroxylation sites is 1. The van der Waals surface area contributed by atoms with Crippen LogP contribution in [0.2, 0.25) is 0 Å². The number of fused-ring (bicyclic) bond motifs is 3. The highest BCUT2D eigenvalue weighted by atomic mass is 15.1. The van der Waals surface area contributed by atoms with Crippen LogP contribution < -0.4 is 4.90 Å². The molecular formula is C20H23N. The van der Waals surface area contributed by atoms with Crippen LogP contribution in [0.1, 0.15) is 26.3 Å². The fourth-order valence-electron chi connectivity index (χ4n) is 2.94. The summed E-state index contributed by atoms with van der Waals surface area (Å²) in [6, 6.07) is 17.5. The lowest BCUT2D eigenvalue weighted by Gasteiger charge is -2.38. The second-order valence-corrected chi connectivity index (χ2v) is 6.69. The molecule has 0 radical (unpaired) electrons. The number of hydrogen-bond donors (Lipinski definition) is 0. The van der Waals surface area contributed by atoms with Crippen molar-refractivity contribution in [2.24, 2.45) is 5.41 Å². The minimum atomic E-state index is 0.111. The third kappa shape index (κ3) is 2.49. The van der Waals surface area contributed by atoms with E-state index in [-0.39, 0.29) is 5.41 Å². The van der Waals surface area contributed by atoms with Crippen LogP contribution in [-0.2, 0) is 6.54 Å². The smallest absolute Gasteiger partial charge is 0.0449 e. The van der Waals surface area contributed by atoms with Crippen LogP contribution in [-0.4, -0.2) is 6.54 Å². The van der Waals surface area contributed by atoms with Gasteiger partial charge in [0.25, 0.3) is 0 Å². The van der Waals surface area contributed by atoms with E-state index in [1.165, 1.54) is 28.0 Å². The average molecular weight is 277 g/mol. The van der Waals surface area contributed by atoms with Gasteiger partial charge in [-0.05, 0) is 24.1 Å². The lowest BCUT2D eigenvalue weighted by Crippen LogP contribution is -2.36. The first-order valence-electron chi connectivity index (χ1n) is 7.57. The van der Waals surface area contributed by atoms with Gasteiger partial charge in [-0.15, -0.1) is 0 Å². The minimum absolute atomic E-state index is 0.111. The monoisotopic (exact) mass is 277 g/mol. The maximum absolute atomic E-state index is 4.17. The van der Waals surface area contributed by atoms with Crippen molar-refractivity contribution in [2.75, 3.05) is 11.4 Å². The molecule has 0 atom stereocenters. The van der Waals surface area contributed by atoms with E-state index in [4.69, 9.17) is 0 Å². The van der Waals surface area contributed by atoms with Gasteiger partial charge < -0.3 is 4.90 Å². The van der Waals surface area contributed by atoms with Crippen molar-refractivity contribution >= 4 is 5.69 Å². The van der Waals surface area contributed by atoms with Crippen molar-refractivity contribution in [3.8, 4) is 11.1 Å². The first-order chi connectivity index (χ1) is 9.99. The summed E-state index contributed by atoms with van der Waals surface area (Å²) in [6.45, 7) is 12.8. The number of benzene rings is 2. The van der Waals surface area contributed by atoms with E-state index in [9.17, 15) is 0 Å². The van der Waals surface area contributed by atoms with Crippen molar-refractivity contribution in [1.29, 1.82) is 0 Å². The second kappa shape index (κ2) is 5.07. The molecule has 21 heavy (non-hydrogen) atoms. The van der Waals surface area contributed by atoms with Gasteiger partial charge in [0.1, 0.15) is 0 Å². The maximum atomic E-state index is 4.17. The number of rotatable bonds is 3. The topological polar surface area (TPSA) is 3.24 Å². The molecule has 0 spiro atoms. The van der Waals surface area contributed by atoms with E-state index in [1.54, 1.807) is 0 Å². The molecule has 0 saturated heterocycles. The van der Waals surface area contributed by atoms with Gasteiger partial charge in [-0.1, -0.05) is 68.5 Å². The van der Waals surface area contributed by atoms with Crippen molar-refractivity contribution in [3.05, 3.63) is 66.2 Å². The van der Waals surface area contributed by atoms with Crippen molar-refractivity contribution in [3.63, 3.8) is 0 Å². The molecule has 1 heterocycles. The average Bonchev–Trinajstić information content (AvgIpc) is 2.47. The summed E-state index contributed by atoms with van der Waals surface area (Å²) >= 11 is 0. The quantitative estimate of drug-likeness (QED) is 0.690. The minimum Gasteiger partial charge on any atom is -0.366 e. The summed E-state index contributed by atoms with van der Waals surface area (Å²) in [5, 5.41) is 0. The molecule has 1 aliphatic heterocycles. The molecule has 0 aromatic heterocycles. The zero-order chi connectivity index (χ0) is 15.0. The molecule has 0 N–H and O–H groups in total. The molecule has 2 aromatic rings. The number of anilines is 1. The first kappa shape index (κ1) is 13.9. The molecule has 0 fully saturated rings. The summed E-state index contributed by atoms with van der Waals surface area (Å²) in [5.74, 6) is 0. The van der Waals surface area contributed by atoms with Gasteiger partial charge in [-0.2, -0.15) is 0 Å². The summed E-state index contributed by atoms with van der Waals surface area (Å²) in [7, 11) is 0. The lowest BCUT2D eigenvalue weighted by molar-refractivity contribution is 0.439. The van der Waals surface area contributed by atoms with Crippen molar-refractivity contribution in [2.45, 2.75) is 27.3 Å². The van der Waals surface area contributed by atoms with Crippen LogP contribution in [0.5, 0.6) is 0 Å². The largest absolute Gasteiger partial charge is 0.366 e. The Morgan fingerprint density at radius 1 is 1.05 bits per heavy atom. The van der Waals surface area contributed by atoms with Crippen LogP contribution in [0.25, 0.3) is 11.1 Å². The Balaban J connectivity index is 2.04. The zero-order valence-electron chi connectivity index (χ0n) is 13.2. The Morgan fingerprint density at radius 3 is 2.38 bits per heavy atom. The van der Waals surface area contributed by atoms with Gasteiger partial charge in [0, 0.05) is 29.8 Å². The molecule has 0 aliphatic carbocycles. The molecule has 0 bridgehead atoms. The third-order valence-electron chi connectivity index (χ3n) is 4.65. The Bertz CT molecular complexity index is 682. The van der Waals surface area contributed by atoms with Crippen LogP contribution in [0.15, 0.2) is 60.7 Å². The van der Waals surface area contributed by atoms with Crippen molar-refractivity contribution in [1.82, 2.24) is 0 Å². The van der Waals surface area contributed by atoms with Gasteiger partial charge in [-0.3, -0.25) is 0 Å². The molecule has 108 valence electrons. The molecule has 1 nitrogen and oxygen atoms in total. The highest BCUT2D eigenvalue weighted by molar-refractivity contribution is 5.83. The van der Waals surface area contributed by atoms with E-state index in [0.29, 0.717) is 0 Å². The Labute approximate surface area is 127 Å². The van der Waals surface area contributed by atoms with Crippen LogP contribution in [0, 0.1) is 5.41 Å². The number of hydrogen-bond acceptors (Lipinski definition) is 1. The molecule has 1 aliphatic rings. The van der Waals surface area contributed by atoms with Crippen molar-refractivity contribution < 1.29 is 0 Å². The molecular weight excluding hydrogens is 254 g/mol. The van der Waals surface area contributed by atoms with Gasteiger partial charge in [0.15, 0.2) is 0 Å². The van der Waals surface area contributed by atoms with Gasteiger partial charge in [-0.25, -0.2) is 0 Å². The Morgan fingerprint density at radius 2 is 1.67 bits per heavy atom. The highest BCUT2D eigenvalue weighted by Gasteiger charge is 2.27. The highest BCUT2D eigenvalue weighted by Crippen LogP contribution is 2.40. The fourth-order valence-corrected chi connectivity index (χ4v) is 2.94. The molecule has 0 unspecified atom stereocenters. The van der Waals surface area contributed by atoms with E-state index in [2.05, 4.69) is 80.8 Å². The number of nitrogens with zero attached hydrogens (tertiary/aromatic N) is 1. The van der Waals surface area contributed by atoms with Crippen LogP contribution in [0.4, 0.5) is 5.69 Å². The molecule has 1 heteroatoms.